The fourth-order valence-corrected chi connectivity index (χ4v) is 8.24. The van der Waals surface area contributed by atoms with Gasteiger partial charge in [0, 0.05) is 92.8 Å². The molecule has 8 nitrogen and oxygen atoms in total. The van der Waals surface area contributed by atoms with Crippen molar-refractivity contribution in [3.63, 3.8) is 0 Å². The zero-order chi connectivity index (χ0) is 33.5. The second kappa shape index (κ2) is 13.3. The van der Waals surface area contributed by atoms with Crippen LogP contribution in [-0.2, 0) is 6.54 Å². The van der Waals surface area contributed by atoms with Crippen LogP contribution < -0.4 is 24.6 Å². The first-order valence-electron chi connectivity index (χ1n) is 17.5. The molecule has 4 aliphatic rings. The van der Waals surface area contributed by atoms with Crippen molar-refractivity contribution in [1.29, 1.82) is 0 Å². The van der Waals surface area contributed by atoms with Gasteiger partial charge in [-0.1, -0.05) is 24.3 Å². The van der Waals surface area contributed by atoms with E-state index in [0.717, 1.165) is 73.6 Å². The molecule has 2 unspecified atom stereocenters. The van der Waals surface area contributed by atoms with Crippen LogP contribution in [0.3, 0.4) is 0 Å². The number of methoxy groups -OCH3 is 1. The molecular formula is C40H43FN4O4. The highest BCUT2D eigenvalue weighted by atomic mass is 19.1. The number of piperidine rings is 1. The number of phenols is 1. The van der Waals surface area contributed by atoms with Crippen LogP contribution in [-0.4, -0.2) is 75.4 Å². The van der Waals surface area contributed by atoms with Crippen LogP contribution in [0.15, 0.2) is 78.9 Å². The van der Waals surface area contributed by atoms with Crippen LogP contribution in [0, 0.1) is 11.7 Å². The van der Waals surface area contributed by atoms with E-state index in [4.69, 9.17) is 9.47 Å². The number of phenolic OH excluding ortho intramolecular Hbond substituents is 1. The number of nitrogens with zero attached hydrogens (tertiary/aromatic N) is 3. The number of benzene rings is 4. The Morgan fingerprint density at radius 3 is 2.37 bits per heavy atom. The van der Waals surface area contributed by atoms with Gasteiger partial charge in [0.05, 0.1) is 13.7 Å². The molecule has 2 fully saturated rings. The van der Waals surface area contributed by atoms with Crippen LogP contribution in [0.5, 0.6) is 17.2 Å². The molecule has 254 valence electrons. The van der Waals surface area contributed by atoms with Gasteiger partial charge >= 0.3 is 0 Å². The summed E-state index contributed by atoms with van der Waals surface area (Å²) >= 11 is 0. The Morgan fingerprint density at radius 1 is 0.857 bits per heavy atom. The van der Waals surface area contributed by atoms with Gasteiger partial charge < -0.3 is 29.7 Å². The van der Waals surface area contributed by atoms with Crippen LogP contribution in [0.2, 0.25) is 0 Å². The molecule has 1 amide bonds. The molecule has 0 saturated carbocycles. The Balaban J connectivity index is 0.895. The second-order valence-electron chi connectivity index (χ2n) is 13.8. The average molecular weight is 663 g/mol. The van der Waals surface area contributed by atoms with Gasteiger partial charge in [-0.3, -0.25) is 9.69 Å². The monoisotopic (exact) mass is 662 g/mol. The largest absolute Gasteiger partial charge is 0.508 e. The lowest BCUT2D eigenvalue weighted by Crippen LogP contribution is -2.49. The van der Waals surface area contributed by atoms with Crippen molar-refractivity contribution in [2.45, 2.75) is 31.2 Å². The topological polar surface area (TPSA) is 77.5 Å². The Hall–Kier alpha value is -4.76. The fourth-order valence-electron chi connectivity index (χ4n) is 8.24. The zero-order valence-corrected chi connectivity index (χ0v) is 27.9. The van der Waals surface area contributed by atoms with Crippen LogP contribution in [0.25, 0.3) is 0 Å². The number of rotatable bonds is 7. The number of ether oxygens (including phenoxy) is 2. The van der Waals surface area contributed by atoms with Crippen LogP contribution in [0.4, 0.5) is 15.8 Å². The lowest BCUT2D eigenvalue weighted by Gasteiger charge is -2.40. The third-order valence-corrected chi connectivity index (χ3v) is 11.0. The molecule has 49 heavy (non-hydrogen) atoms. The standard InChI is InChI=1S/C40H43FN4O4/c1-48-38-21-28(4-11-36(38)41)35-25-49-37-22-32(46)8-10-34(37)39(35)27-2-5-30(6-3-27)44-14-12-26(13-15-44)24-43-16-18-45(19-17-43)31-7-9-33-29(20-31)23-42-40(33)47/h2-11,20-22,26,35,39,46H,12-19,23-25H2,1H3,(H,42,47). The molecule has 0 aromatic heterocycles. The zero-order valence-electron chi connectivity index (χ0n) is 27.9. The van der Waals surface area contributed by atoms with Gasteiger partial charge in [0.15, 0.2) is 11.6 Å². The summed E-state index contributed by atoms with van der Waals surface area (Å²) < 4.78 is 25.8. The summed E-state index contributed by atoms with van der Waals surface area (Å²) in [6.45, 7) is 8.44. The van der Waals surface area contributed by atoms with Crippen molar-refractivity contribution < 1.29 is 23.8 Å². The minimum atomic E-state index is -0.385. The van der Waals surface area contributed by atoms with Crippen molar-refractivity contribution in [3.8, 4) is 17.2 Å². The van der Waals surface area contributed by atoms with Crippen LogP contribution >= 0.6 is 0 Å². The smallest absolute Gasteiger partial charge is 0.251 e. The maximum absolute atomic E-state index is 14.3. The summed E-state index contributed by atoms with van der Waals surface area (Å²) in [5, 5.41) is 13.1. The molecule has 2 saturated heterocycles. The Labute approximate surface area is 287 Å². The van der Waals surface area contributed by atoms with E-state index in [0.29, 0.717) is 24.8 Å². The molecule has 4 aromatic carbocycles. The molecule has 4 heterocycles. The van der Waals surface area contributed by atoms with E-state index >= 15 is 0 Å². The molecule has 9 heteroatoms. The number of piperazine rings is 1. The van der Waals surface area contributed by atoms with Crippen molar-refractivity contribution in [2.75, 3.05) is 69.3 Å². The van der Waals surface area contributed by atoms with Gasteiger partial charge in [-0.15, -0.1) is 0 Å². The van der Waals surface area contributed by atoms with Gasteiger partial charge in [-0.05, 0) is 84.0 Å². The molecule has 2 atom stereocenters. The first-order chi connectivity index (χ1) is 23.9. The number of amides is 1. The molecular weight excluding hydrogens is 619 g/mol. The van der Waals surface area contributed by atoms with Gasteiger partial charge in [-0.2, -0.15) is 0 Å². The molecule has 0 bridgehead atoms. The summed E-state index contributed by atoms with van der Waals surface area (Å²) in [7, 11) is 1.48. The summed E-state index contributed by atoms with van der Waals surface area (Å²) in [6, 6.07) is 25.5. The lowest BCUT2D eigenvalue weighted by molar-refractivity contribution is 0.0965. The fraction of sp³-hybridized carbons (Fsp3) is 0.375. The number of halogens is 1. The molecule has 0 aliphatic carbocycles. The van der Waals surface area contributed by atoms with E-state index in [1.807, 2.05) is 18.2 Å². The number of hydrogen-bond acceptors (Lipinski definition) is 7. The first-order valence-corrected chi connectivity index (χ1v) is 17.5. The summed E-state index contributed by atoms with van der Waals surface area (Å²) in [5.74, 6) is 1.36. The van der Waals surface area contributed by atoms with E-state index in [-0.39, 0.29) is 35.1 Å². The molecule has 4 aromatic rings. The number of carbonyl (C=O) groups is 1. The number of hydrogen-bond donors (Lipinski definition) is 2. The maximum atomic E-state index is 14.3. The van der Waals surface area contributed by atoms with Crippen molar-refractivity contribution in [1.82, 2.24) is 10.2 Å². The molecule has 0 radical (unpaired) electrons. The van der Waals surface area contributed by atoms with E-state index in [9.17, 15) is 14.3 Å². The second-order valence-corrected chi connectivity index (χ2v) is 13.8. The minimum Gasteiger partial charge on any atom is -0.508 e. The predicted octanol–water partition coefficient (Wildman–Crippen LogP) is 6.13. The third kappa shape index (κ3) is 6.28. The summed E-state index contributed by atoms with van der Waals surface area (Å²) in [4.78, 5) is 19.5. The summed E-state index contributed by atoms with van der Waals surface area (Å²) in [6.07, 6.45) is 2.36. The van der Waals surface area contributed by atoms with E-state index in [2.05, 4.69) is 56.4 Å². The molecule has 4 aliphatic heterocycles. The Morgan fingerprint density at radius 2 is 1.59 bits per heavy atom. The highest BCUT2D eigenvalue weighted by molar-refractivity contribution is 5.98. The van der Waals surface area contributed by atoms with E-state index < -0.39 is 0 Å². The molecule has 2 N–H and O–H groups in total. The Bertz CT molecular complexity index is 1830. The lowest BCUT2D eigenvalue weighted by atomic mass is 9.75. The highest BCUT2D eigenvalue weighted by Gasteiger charge is 2.34. The van der Waals surface area contributed by atoms with Gasteiger partial charge in [0.1, 0.15) is 11.5 Å². The van der Waals surface area contributed by atoms with Crippen molar-refractivity contribution in [3.05, 3.63) is 112 Å². The number of nitrogens with one attached hydrogen (secondary N) is 1. The first kappa shape index (κ1) is 31.5. The van der Waals surface area contributed by atoms with E-state index in [1.165, 1.54) is 37.4 Å². The highest BCUT2D eigenvalue weighted by Crippen LogP contribution is 2.47. The minimum absolute atomic E-state index is 0.0244. The number of carbonyl (C=O) groups excluding carboxylic acids is 1. The third-order valence-electron chi connectivity index (χ3n) is 11.0. The van der Waals surface area contributed by atoms with E-state index in [1.54, 1.807) is 18.2 Å². The maximum Gasteiger partial charge on any atom is 0.251 e. The quantitative estimate of drug-likeness (QED) is 0.247. The SMILES string of the molecule is COc1cc(C2COc3cc(O)ccc3C2c2ccc(N3CCC(CN4CCN(c5ccc6c(c5)CNC6=O)CC4)CC3)cc2)ccc1F. The molecule has 0 spiro atoms. The number of aromatic hydroxyl groups is 1. The van der Waals surface area contributed by atoms with Crippen molar-refractivity contribution in [2.24, 2.45) is 5.92 Å². The normalized spacial score (nSPS) is 21.1. The molecule has 8 rings (SSSR count). The Kier molecular flexibility index (Phi) is 8.53. The van der Waals surface area contributed by atoms with Crippen molar-refractivity contribution >= 4 is 17.3 Å². The summed E-state index contributed by atoms with van der Waals surface area (Å²) in [5.41, 5.74) is 7.50. The number of anilines is 2. The van der Waals surface area contributed by atoms with Gasteiger partial charge in [0.2, 0.25) is 0 Å². The van der Waals surface area contributed by atoms with Gasteiger partial charge in [0.25, 0.3) is 5.91 Å². The predicted molar refractivity (Wildman–Crippen MR) is 189 cm³/mol. The number of fused-ring (bicyclic) bond motifs is 2. The van der Waals surface area contributed by atoms with Crippen LogP contribution in [0.1, 0.15) is 57.3 Å². The van der Waals surface area contributed by atoms with Gasteiger partial charge in [-0.25, -0.2) is 4.39 Å². The average Bonchev–Trinajstić information content (AvgIpc) is 3.51.